The van der Waals surface area contributed by atoms with Crippen LogP contribution in [-0.4, -0.2) is 17.9 Å². The Kier molecular flexibility index (Phi) is 4.52. The Morgan fingerprint density at radius 3 is 2.58 bits per heavy atom. The number of carbonyl (C=O) groups is 1. The highest BCUT2D eigenvalue weighted by molar-refractivity contribution is 9.10. The average Bonchev–Trinajstić information content (AvgIpc) is 2.45. The fraction of sp³-hybridized carbons (Fsp3) is 0.143. The molecule has 1 amide bonds. The van der Waals surface area contributed by atoms with Gasteiger partial charge < -0.3 is 10.6 Å². The van der Waals surface area contributed by atoms with E-state index in [0.717, 1.165) is 16.0 Å². The standard InChI is InChI=1S/C14H14BrN3O/c1-16-14(19)10-5-7-11(8-6-10)17-9-12-3-2-4-13(15)18-12/h2-8,17H,9H2,1H3,(H,16,19). The molecule has 1 aromatic heterocycles. The number of rotatable bonds is 4. The van der Waals surface area contributed by atoms with E-state index in [-0.39, 0.29) is 5.91 Å². The molecule has 0 unspecified atom stereocenters. The van der Waals surface area contributed by atoms with Crippen molar-refractivity contribution >= 4 is 27.5 Å². The monoisotopic (exact) mass is 319 g/mol. The molecular weight excluding hydrogens is 306 g/mol. The third kappa shape index (κ3) is 3.79. The van der Waals surface area contributed by atoms with Crippen molar-refractivity contribution in [1.82, 2.24) is 10.3 Å². The van der Waals surface area contributed by atoms with Crippen molar-refractivity contribution in [3.8, 4) is 0 Å². The lowest BCUT2D eigenvalue weighted by atomic mass is 10.2. The first-order valence-electron chi connectivity index (χ1n) is 5.86. The first kappa shape index (κ1) is 13.5. The molecule has 0 fully saturated rings. The molecule has 0 aliphatic carbocycles. The molecule has 0 saturated carbocycles. The Morgan fingerprint density at radius 2 is 1.95 bits per heavy atom. The number of benzene rings is 1. The largest absolute Gasteiger partial charge is 0.379 e. The molecule has 0 bridgehead atoms. The minimum atomic E-state index is -0.0831. The van der Waals surface area contributed by atoms with Crippen LogP contribution in [0.1, 0.15) is 16.1 Å². The lowest BCUT2D eigenvalue weighted by Crippen LogP contribution is -2.17. The van der Waals surface area contributed by atoms with Gasteiger partial charge in [-0.25, -0.2) is 4.98 Å². The molecule has 0 spiro atoms. The van der Waals surface area contributed by atoms with Gasteiger partial charge >= 0.3 is 0 Å². The van der Waals surface area contributed by atoms with Crippen molar-refractivity contribution < 1.29 is 4.79 Å². The van der Waals surface area contributed by atoms with E-state index >= 15 is 0 Å². The molecular formula is C14H14BrN3O. The summed E-state index contributed by atoms with van der Waals surface area (Å²) in [5, 5.41) is 5.85. The Balaban J connectivity index is 1.98. The summed E-state index contributed by atoms with van der Waals surface area (Å²) in [6.07, 6.45) is 0. The average molecular weight is 320 g/mol. The van der Waals surface area contributed by atoms with Crippen LogP contribution in [0.15, 0.2) is 47.1 Å². The number of hydrogen-bond donors (Lipinski definition) is 2. The van der Waals surface area contributed by atoms with Crippen LogP contribution in [0.3, 0.4) is 0 Å². The van der Waals surface area contributed by atoms with Crippen molar-refractivity contribution in [2.75, 3.05) is 12.4 Å². The van der Waals surface area contributed by atoms with Gasteiger partial charge in [0.15, 0.2) is 0 Å². The highest BCUT2D eigenvalue weighted by atomic mass is 79.9. The lowest BCUT2D eigenvalue weighted by molar-refractivity contribution is 0.0963. The highest BCUT2D eigenvalue weighted by Gasteiger charge is 2.02. The number of nitrogens with zero attached hydrogens (tertiary/aromatic N) is 1. The molecule has 2 rings (SSSR count). The summed E-state index contributed by atoms with van der Waals surface area (Å²) in [6, 6.07) is 13.1. The Morgan fingerprint density at radius 1 is 1.21 bits per heavy atom. The van der Waals surface area contributed by atoms with Crippen molar-refractivity contribution in [2.45, 2.75) is 6.54 Å². The summed E-state index contributed by atoms with van der Waals surface area (Å²) in [4.78, 5) is 15.7. The number of anilines is 1. The van der Waals surface area contributed by atoms with Crippen LogP contribution >= 0.6 is 15.9 Å². The zero-order valence-corrected chi connectivity index (χ0v) is 12.1. The number of carbonyl (C=O) groups excluding carboxylic acids is 1. The maximum Gasteiger partial charge on any atom is 0.251 e. The van der Waals surface area contributed by atoms with Gasteiger partial charge in [-0.05, 0) is 52.3 Å². The number of hydrogen-bond acceptors (Lipinski definition) is 3. The normalized spacial score (nSPS) is 10.0. The molecule has 2 aromatic rings. The third-order valence-corrected chi connectivity index (χ3v) is 3.06. The van der Waals surface area contributed by atoms with E-state index in [1.807, 2.05) is 30.3 Å². The van der Waals surface area contributed by atoms with Gasteiger partial charge in [-0.3, -0.25) is 4.79 Å². The van der Waals surface area contributed by atoms with Crippen LogP contribution < -0.4 is 10.6 Å². The lowest BCUT2D eigenvalue weighted by Gasteiger charge is -2.07. The minimum Gasteiger partial charge on any atom is -0.379 e. The second-order valence-electron chi connectivity index (χ2n) is 3.96. The molecule has 19 heavy (non-hydrogen) atoms. The Bertz CT molecular complexity index is 569. The molecule has 0 radical (unpaired) electrons. The SMILES string of the molecule is CNC(=O)c1ccc(NCc2cccc(Br)n2)cc1. The summed E-state index contributed by atoms with van der Waals surface area (Å²) in [6.45, 7) is 0.638. The number of nitrogens with one attached hydrogen (secondary N) is 2. The molecule has 0 atom stereocenters. The number of pyridine rings is 1. The molecule has 1 heterocycles. The summed E-state index contributed by atoms with van der Waals surface area (Å²) >= 11 is 3.34. The summed E-state index contributed by atoms with van der Waals surface area (Å²) in [5.41, 5.74) is 2.55. The van der Waals surface area contributed by atoms with Gasteiger partial charge in [0.1, 0.15) is 4.60 Å². The summed E-state index contributed by atoms with van der Waals surface area (Å²) in [7, 11) is 1.62. The third-order valence-electron chi connectivity index (χ3n) is 2.62. The van der Waals surface area contributed by atoms with Crippen molar-refractivity contribution in [1.29, 1.82) is 0 Å². The molecule has 1 aromatic carbocycles. The van der Waals surface area contributed by atoms with E-state index in [0.29, 0.717) is 12.1 Å². The second kappa shape index (κ2) is 6.33. The topological polar surface area (TPSA) is 54.0 Å². The molecule has 0 aliphatic heterocycles. The van der Waals surface area contributed by atoms with Crippen LogP contribution in [0.25, 0.3) is 0 Å². The first-order valence-corrected chi connectivity index (χ1v) is 6.66. The molecule has 0 saturated heterocycles. The second-order valence-corrected chi connectivity index (χ2v) is 4.77. The van der Waals surface area contributed by atoms with Crippen molar-refractivity contribution in [3.05, 3.63) is 58.3 Å². The van der Waals surface area contributed by atoms with E-state index < -0.39 is 0 Å². The van der Waals surface area contributed by atoms with Gasteiger partial charge in [0.05, 0.1) is 12.2 Å². The van der Waals surface area contributed by atoms with Crippen molar-refractivity contribution in [2.24, 2.45) is 0 Å². The molecule has 5 heteroatoms. The van der Waals surface area contributed by atoms with E-state index in [1.54, 1.807) is 19.2 Å². The van der Waals surface area contributed by atoms with Gasteiger partial charge in [-0.2, -0.15) is 0 Å². The number of aromatic nitrogens is 1. The number of amides is 1. The molecule has 0 aliphatic rings. The molecule has 98 valence electrons. The maximum absolute atomic E-state index is 11.4. The van der Waals surface area contributed by atoms with Gasteiger partial charge in [0, 0.05) is 18.3 Å². The quantitative estimate of drug-likeness (QED) is 0.852. The molecule has 2 N–H and O–H groups in total. The highest BCUT2D eigenvalue weighted by Crippen LogP contribution is 2.12. The van der Waals surface area contributed by atoms with Crippen LogP contribution in [0.5, 0.6) is 0 Å². The predicted molar refractivity (Wildman–Crippen MR) is 79.1 cm³/mol. The Hall–Kier alpha value is -1.88. The van der Waals surface area contributed by atoms with Crippen LogP contribution in [0.4, 0.5) is 5.69 Å². The van der Waals surface area contributed by atoms with Crippen LogP contribution in [0, 0.1) is 0 Å². The van der Waals surface area contributed by atoms with E-state index in [4.69, 9.17) is 0 Å². The molecule has 4 nitrogen and oxygen atoms in total. The van der Waals surface area contributed by atoms with Crippen LogP contribution in [0.2, 0.25) is 0 Å². The fourth-order valence-electron chi connectivity index (χ4n) is 1.63. The zero-order valence-electron chi connectivity index (χ0n) is 10.5. The van der Waals surface area contributed by atoms with E-state index in [2.05, 4.69) is 31.5 Å². The van der Waals surface area contributed by atoms with Crippen LogP contribution in [-0.2, 0) is 6.54 Å². The fourth-order valence-corrected chi connectivity index (χ4v) is 2.01. The minimum absolute atomic E-state index is 0.0831. The zero-order chi connectivity index (χ0) is 13.7. The van der Waals surface area contributed by atoms with E-state index in [1.165, 1.54) is 0 Å². The Labute approximate surface area is 120 Å². The van der Waals surface area contributed by atoms with Gasteiger partial charge in [0.25, 0.3) is 5.91 Å². The smallest absolute Gasteiger partial charge is 0.251 e. The predicted octanol–water partition coefficient (Wildman–Crippen LogP) is 2.82. The maximum atomic E-state index is 11.4. The first-order chi connectivity index (χ1) is 9.19. The van der Waals surface area contributed by atoms with E-state index in [9.17, 15) is 4.79 Å². The summed E-state index contributed by atoms with van der Waals surface area (Å²) in [5.74, 6) is -0.0831. The summed E-state index contributed by atoms with van der Waals surface area (Å²) < 4.78 is 0.821. The number of halogens is 1. The van der Waals surface area contributed by atoms with Crippen molar-refractivity contribution in [3.63, 3.8) is 0 Å². The van der Waals surface area contributed by atoms with Gasteiger partial charge in [-0.15, -0.1) is 0 Å². The van der Waals surface area contributed by atoms with Gasteiger partial charge in [-0.1, -0.05) is 6.07 Å². The van der Waals surface area contributed by atoms with Gasteiger partial charge in [0.2, 0.25) is 0 Å².